The Morgan fingerprint density at radius 1 is 1.37 bits per heavy atom. The molecule has 0 unspecified atom stereocenters. The molecular weight excluding hydrogens is 246 g/mol. The normalized spacial score (nSPS) is 9.84. The number of nitrogens with zero attached hydrogens (tertiary/aromatic N) is 2. The van der Waals surface area contributed by atoms with Gasteiger partial charge in [0.2, 0.25) is 0 Å². The number of nitro groups is 1. The van der Waals surface area contributed by atoms with Crippen LogP contribution in [-0.2, 0) is 6.42 Å². The monoisotopic (exact) mass is 257 g/mol. The Hall–Kier alpha value is -2.81. The summed E-state index contributed by atoms with van der Waals surface area (Å²) in [4.78, 5) is 10.4. The van der Waals surface area contributed by atoms with E-state index in [1.165, 1.54) is 6.07 Å². The van der Waals surface area contributed by atoms with Crippen molar-refractivity contribution in [3.8, 4) is 6.07 Å². The van der Waals surface area contributed by atoms with Crippen LogP contribution in [0.1, 0.15) is 11.3 Å². The molecule has 1 heterocycles. The second kappa shape index (κ2) is 5.69. The highest BCUT2D eigenvalue weighted by Crippen LogP contribution is 2.27. The Bertz CT molecular complexity index is 615. The molecule has 1 aromatic carbocycles. The van der Waals surface area contributed by atoms with Gasteiger partial charge in [0.15, 0.2) is 0 Å². The van der Waals surface area contributed by atoms with Crippen molar-refractivity contribution in [3.05, 3.63) is 58.0 Å². The van der Waals surface area contributed by atoms with Crippen molar-refractivity contribution >= 4 is 11.4 Å². The van der Waals surface area contributed by atoms with Crippen molar-refractivity contribution in [1.82, 2.24) is 0 Å². The van der Waals surface area contributed by atoms with Crippen molar-refractivity contribution in [2.75, 3.05) is 11.9 Å². The van der Waals surface area contributed by atoms with Crippen LogP contribution >= 0.6 is 0 Å². The van der Waals surface area contributed by atoms with E-state index in [-0.39, 0.29) is 11.3 Å². The lowest BCUT2D eigenvalue weighted by Gasteiger charge is -2.06. The molecule has 0 aliphatic carbocycles. The second-order valence-corrected chi connectivity index (χ2v) is 3.83. The largest absolute Gasteiger partial charge is 0.469 e. The first-order valence-corrected chi connectivity index (χ1v) is 5.66. The molecule has 6 heteroatoms. The van der Waals surface area contributed by atoms with Crippen LogP contribution in [0.3, 0.4) is 0 Å². The molecule has 0 radical (unpaired) electrons. The van der Waals surface area contributed by atoms with Gasteiger partial charge in [-0.3, -0.25) is 10.1 Å². The predicted octanol–water partition coefficient (Wildman–Crippen LogP) is 2.71. The van der Waals surface area contributed by atoms with Gasteiger partial charge in [-0.15, -0.1) is 0 Å². The maximum atomic E-state index is 11.0. The van der Waals surface area contributed by atoms with Gasteiger partial charge in [-0.2, -0.15) is 5.26 Å². The molecule has 0 aliphatic heterocycles. The number of para-hydroxylation sites is 1. The second-order valence-electron chi connectivity index (χ2n) is 3.83. The summed E-state index contributed by atoms with van der Waals surface area (Å²) in [5, 5.41) is 22.8. The molecule has 0 saturated carbocycles. The fraction of sp³-hybridized carbons (Fsp3) is 0.154. The SMILES string of the molecule is N#Cc1cccc(NCCc2ccco2)c1[N+](=O)[O-]. The van der Waals surface area contributed by atoms with E-state index in [0.29, 0.717) is 18.7 Å². The van der Waals surface area contributed by atoms with Crippen molar-refractivity contribution in [2.45, 2.75) is 6.42 Å². The van der Waals surface area contributed by atoms with Crippen LogP contribution < -0.4 is 5.32 Å². The summed E-state index contributed by atoms with van der Waals surface area (Å²) >= 11 is 0. The summed E-state index contributed by atoms with van der Waals surface area (Å²) in [5.41, 5.74) is 0.202. The standard InChI is InChI=1S/C13H11N3O3/c14-9-10-3-1-5-12(13(10)16(17)18)15-7-6-11-4-2-8-19-11/h1-5,8,15H,6-7H2. The molecule has 1 N–H and O–H groups in total. The average molecular weight is 257 g/mol. The van der Waals surface area contributed by atoms with Crippen LogP contribution in [0.2, 0.25) is 0 Å². The molecule has 96 valence electrons. The van der Waals surface area contributed by atoms with Crippen molar-refractivity contribution in [3.63, 3.8) is 0 Å². The quantitative estimate of drug-likeness (QED) is 0.656. The molecule has 0 saturated heterocycles. The van der Waals surface area contributed by atoms with Crippen LogP contribution in [0.15, 0.2) is 41.0 Å². The number of nitro benzene ring substituents is 1. The Morgan fingerprint density at radius 3 is 2.84 bits per heavy atom. The van der Waals surface area contributed by atoms with Gasteiger partial charge in [0.1, 0.15) is 23.1 Å². The maximum absolute atomic E-state index is 11.0. The van der Waals surface area contributed by atoms with Crippen LogP contribution in [0.25, 0.3) is 0 Å². The number of rotatable bonds is 5. The Balaban J connectivity index is 2.12. The third-order valence-electron chi connectivity index (χ3n) is 2.61. The van der Waals surface area contributed by atoms with Crippen molar-refractivity contribution in [1.29, 1.82) is 5.26 Å². The number of anilines is 1. The summed E-state index contributed by atoms with van der Waals surface area (Å²) < 4.78 is 5.17. The number of benzene rings is 1. The van der Waals surface area contributed by atoms with E-state index in [9.17, 15) is 10.1 Å². The fourth-order valence-corrected chi connectivity index (χ4v) is 1.75. The lowest BCUT2D eigenvalue weighted by atomic mass is 10.1. The van der Waals surface area contributed by atoms with Crippen LogP contribution in [0, 0.1) is 21.4 Å². The molecule has 0 bridgehead atoms. The minimum absolute atomic E-state index is 0.0491. The first kappa shape index (κ1) is 12.6. The van der Waals surface area contributed by atoms with Crippen LogP contribution in [-0.4, -0.2) is 11.5 Å². The Morgan fingerprint density at radius 2 is 2.21 bits per heavy atom. The fourth-order valence-electron chi connectivity index (χ4n) is 1.75. The average Bonchev–Trinajstić information content (AvgIpc) is 2.91. The molecular formula is C13H11N3O3. The molecule has 1 aromatic heterocycles. The van der Waals surface area contributed by atoms with Crippen molar-refractivity contribution < 1.29 is 9.34 Å². The molecule has 0 spiro atoms. The highest BCUT2D eigenvalue weighted by Gasteiger charge is 2.18. The summed E-state index contributed by atoms with van der Waals surface area (Å²) in [6.07, 6.45) is 2.19. The zero-order valence-corrected chi connectivity index (χ0v) is 10.00. The van der Waals surface area contributed by atoms with E-state index in [1.54, 1.807) is 24.5 Å². The summed E-state index contributed by atoms with van der Waals surface area (Å²) in [6.45, 7) is 0.489. The van der Waals surface area contributed by atoms with Gasteiger partial charge < -0.3 is 9.73 Å². The van der Waals surface area contributed by atoms with Gasteiger partial charge >= 0.3 is 5.69 Å². The summed E-state index contributed by atoms with van der Waals surface area (Å²) in [6, 6.07) is 10.1. The lowest BCUT2D eigenvalue weighted by molar-refractivity contribution is -0.384. The first-order chi connectivity index (χ1) is 9.22. The van der Waals surface area contributed by atoms with Crippen LogP contribution in [0.5, 0.6) is 0 Å². The van der Waals surface area contributed by atoms with Crippen molar-refractivity contribution in [2.24, 2.45) is 0 Å². The van der Waals surface area contributed by atoms with Crippen LogP contribution in [0.4, 0.5) is 11.4 Å². The number of furan rings is 1. The first-order valence-electron chi connectivity index (χ1n) is 5.66. The van der Waals surface area contributed by atoms with Gasteiger partial charge in [-0.05, 0) is 24.3 Å². The molecule has 2 aromatic rings. The highest BCUT2D eigenvalue weighted by atomic mass is 16.6. The predicted molar refractivity (Wildman–Crippen MR) is 68.7 cm³/mol. The topological polar surface area (TPSA) is 92.1 Å². The summed E-state index contributed by atoms with van der Waals surface area (Å²) in [7, 11) is 0. The molecule has 0 fully saturated rings. The number of nitriles is 1. The zero-order chi connectivity index (χ0) is 13.7. The van der Waals surface area contributed by atoms with Gasteiger partial charge in [-0.25, -0.2) is 0 Å². The van der Waals surface area contributed by atoms with Gasteiger partial charge in [-0.1, -0.05) is 6.07 Å². The van der Waals surface area contributed by atoms with Gasteiger partial charge in [0, 0.05) is 13.0 Å². The maximum Gasteiger partial charge on any atom is 0.309 e. The smallest absolute Gasteiger partial charge is 0.309 e. The van der Waals surface area contributed by atoms with E-state index >= 15 is 0 Å². The third kappa shape index (κ3) is 2.90. The number of hydrogen-bond acceptors (Lipinski definition) is 5. The Labute approximate surface area is 109 Å². The minimum Gasteiger partial charge on any atom is -0.469 e. The van der Waals surface area contributed by atoms with E-state index in [4.69, 9.17) is 9.68 Å². The third-order valence-corrected chi connectivity index (χ3v) is 2.61. The zero-order valence-electron chi connectivity index (χ0n) is 10.00. The highest BCUT2D eigenvalue weighted by molar-refractivity contribution is 5.68. The molecule has 2 rings (SSSR count). The molecule has 0 amide bonds. The molecule has 6 nitrogen and oxygen atoms in total. The number of nitrogens with one attached hydrogen (secondary N) is 1. The lowest BCUT2D eigenvalue weighted by Crippen LogP contribution is -2.07. The van der Waals surface area contributed by atoms with Gasteiger partial charge in [0.05, 0.1) is 11.2 Å². The van der Waals surface area contributed by atoms with E-state index in [0.717, 1.165) is 5.76 Å². The number of hydrogen-bond donors (Lipinski definition) is 1. The molecule has 0 atom stereocenters. The minimum atomic E-state index is -0.548. The van der Waals surface area contributed by atoms with E-state index in [1.807, 2.05) is 12.1 Å². The molecule has 0 aliphatic rings. The molecule has 19 heavy (non-hydrogen) atoms. The van der Waals surface area contributed by atoms with E-state index < -0.39 is 4.92 Å². The summed E-state index contributed by atoms with van der Waals surface area (Å²) in [5.74, 6) is 0.798. The van der Waals surface area contributed by atoms with Gasteiger partial charge in [0.25, 0.3) is 0 Å². The Kier molecular flexibility index (Phi) is 3.78. The van der Waals surface area contributed by atoms with E-state index in [2.05, 4.69) is 5.32 Å².